The number of carbonyl (C=O) groups excluding carboxylic acids is 2. The molecule has 1 aliphatic heterocycles. The summed E-state index contributed by atoms with van der Waals surface area (Å²) in [6.45, 7) is 2.89. The van der Waals surface area contributed by atoms with Crippen molar-refractivity contribution in [2.24, 2.45) is 5.73 Å². The number of hydrogen-bond acceptors (Lipinski definition) is 5. The first-order chi connectivity index (χ1) is 12.8. The lowest BCUT2D eigenvalue weighted by Crippen LogP contribution is -2.56. The zero-order valence-corrected chi connectivity index (χ0v) is 17.2. The molecule has 3 amide bonds. The fourth-order valence-corrected chi connectivity index (χ4v) is 4.79. The van der Waals surface area contributed by atoms with E-state index in [1.54, 1.807) is 40.9 Å². The summed E-state index contributed by atoms with van der Waals surface area (Å²) in [6, 6.07) is 5.29. The van der Waals surface area contributed by atoms with E-state index in [0.717, 1.165) is 5.56 Å². The van der Waals surface area contributed by atoms with Gasteiger partial charge in [-0.25, -0.2) is 13.2 Å². The van der Waals surface area contributed by atoms with Crippen molar-refractivity contribution in [3.8, 4) is 0 Å². The van der Waals surface area contributed by atoms with E-state index in [4.69, 9.17) is 5.73 Å². The molecule has 1 fully saturated rings. The highest BCUT2D eigenvalue weighted by Crippen LogP contribution is 2.18. The second-order valence-corrected chi connectivity index (χ2v) is 9.31. The van der Waals surface area contributed by atoms with Crippen LogP contribution in [0.25, 0.3) is 0 Å². The van der Waals surface area contributed by atoms with Gasteiger partial charge >= 0.3 is 6.03 Å². The number of primary amides is 1. The molecule has 1 heterocycles. The Balaban J connectivity index is 2.01. The summed E-state index contributed by atoms with van der Waals surface area (Å²) in [5.74, 6) is 0.480. The normalized spacial score (nSPS) is 16.7. The van der Waals surface area contributed by atoms with Crippen LogP contribution in [-0.2, 0) is 14.8 Å². The van der Waals surface area contributed by atoms with Crippen molar-refractivity contribution in [1.29, 1.82) is 0 Å². The van der Waals surface area contributed by atoms with Crippen LogP contribution in [0.1, 0.15) is 12.0 Å². The lowest BCUT2D eigenvalue weighted by molar-refractivity contribution is -0.134. The maximum atomic E-state index is 12.7. The fourth-order valence-electron chi connectivity index (χ4n) is 2.89. The number of thioether (sulfide) groups is 1. The third-order valence-electron chi connectivity index (χ3n) is 4.43. The number of benzene rings is 1. The van der Waals surface area contributed by atoms with Gasteiger partial charge in [-0.05, 0) is 37.5 Å². The van der Waals surface area contributed by atoms with E-state index in [-0.39, 0.29) is 37.0 Å². The molecule has 0 aliphatic carbocycles. The van der Waals surface area contributed by atoms with Crippen molar-refractivity contribution in [2.45, 2.75) is 24.3 Å². The molecule has 1 aromatic rings. The summed E-state index contributed by atoms with van der Waals surface area (Å²) >= 11 is 1.57. The van der Waals surface area contributed by atoms with Crippen molar-refractivity contribution >= 4 is 33.7 Å². The molecule has 0 bridgehead atoms. The smallest absolute Gasteiger partial charge is 0.312 e. The van der Waals surface area contributed by atoms with Gasteiger partial charge in [0, 0.05) is 26.2 Å². The first-order valence-electron chi connectivity index (χ1n) is 8.66. The van der Waals surface area contributed by atoms with Crippen molar-refractivity contribution in [3.63, 3.8) is 0 Å². The molecule has 1 aromatic carbocycles. The van der Waals surface area contributed by atoms with Crippen LogP contribution < -0.4 is 11.1 Å². The number of urea groups is 1. The summed E-state index contributed by atoms with van der Waals surface area (Å²) in [5.41, 5.74) is 6.16. The quantitative estimate of drug-likeness (QED) is 0.679. The Labute approximate surface area is 164 Å². The molecule has 0 unspecified atom stereocenters. The third kappa shape index (κ3) is 5.60. The Hall–Kier alpha value is -1.78. The zero-order chi connectivity index (χ0) is 20.0. The Kier molecular flexibility index (Phi) is 7.51. The van der Waals surface area contributed by atoms with E-state index in [0.29, 0.717) is 12.2 Å². The van der Waals surface area contributed by atoms with Gasteiger partial charge in [-0.15, -0.1) is 0 Å². The molecule has 1 aliphatic rings. The molecule has 1 atom stereocenters. The number of sulfonamides is 1. The van der Waals surface area contributed by atoms with Gasteiger partial charge in [-0.2, -0.15) is 16.1 Å². The molecule has 10 heteroatoms. The first-order valence-corrected chi connectivity index (χ1v) is 11.5. The van der Waals surface area contributed by atoms with Crippen LogP contribution in [0.15, 0.2) is 29.2 Å². The molecule has 2 rings (SSSR count). The number of aryl methyl sites for hydroxylation is 1. The molecule has 8 nitrogen and oxygen atoms in total. The first kappa shape index (κ1) is 21.5. The second kappa shape index (κ2) is 9.43. The number of nitrogens with two attached hydrogens (primary N) is 1. The van der Waals surface area contributed by atoms with E-state index < -0.39 is 22.1 Å². The molecule has 0 spiro atoms. The SMILES string of the molecule is CSCC[C@H](NC(N)=O)C(=O)N1CCN(S(=O)(=O)c2ccc(C)cc2)CC1. The van der Waals surface area contributed by atoms with Gasteiger partial charge in [-0.1, -0.05) is 17.7 Å². The molecular formula is C17H26N4O4S2. The minimum absolute atomic E-state index is 0.216. The van der Waals surface area contributed by atoms with Crippen molar-refractivity contribution in [2.75, 3.05) is 38.2 Å². The Morgan fingerprint density at radius 2 is 1.78 bits per heavy atom. The molecule has 0 saturated carbocycles. The van der Waals surface area contributed by atoms with Gasteiger partial charge in [0.15, 0.2) is 0 Å². The van der Waals surface area contributed by atoms with Crippen molar-refractivity contribution in [3.05, 3.63) is 29.8 Å². The summed E-state index contributed by atoms with van der Waals surface area (Å²) in [4.78, 5) is 25.7. The largest absolute Gasteiger partial charge is 0.352 e. The number of piperazine rings is 1. The summed E-state index contributed by atoms with van der Waals surface area (Å²) < 4.78 is 26.9. The highest BCUT2D eigenvalue weighted by molar-refractivity contribution is 7.98. The number of hydrogen-bond donors (Lipinski definition) is 2. The molecule has 27 heavy (non-hydrogen) atoms. The van der Waals surface area contributed by atoms with Crippen LogP contribution in [-0.4, -0.2) is 73.8 Å². The maximum Gasteiger partial charge on any atom is 0.312 e. The number of carbonyl (C=O) groups is 2. The predicted octanol–water partition coefficient (Wildman–Crippen LogP) is 0.618. The highest BCUT2D eigenvalue weighted by atomic mass is 32.2. The standard InChI is InChI=1S/C17H26N4O4S2/c1-13-3-5-14(6-4-13)27(24,25)21-10-8-20(9-11-21)16(22)15(7-12-26-2)19-17(18)23/h3-6,15H,7-12H2,1-2H3,(H3,18,19,23)/t15-/m0/s1. The van der Waals surface area contributed by atoms with Crippen LogP contribution in [0.5, 0.6) is 0 Å². The number of nitrogens with zero attached hydrogens (tertiary/aromatic N) is 2. The average Bonchev–Trinajstić information content (AvgIpc) is 2.64. The lowest BCUT2D eigenvalue weighted by Gasteiger charge is -2.35. The molecule has 1 saturated heterocycles. The number of rotatable bonds is 7. The Bertz CT molecular complexity index is 760. The van der Waals surface area contributed by atoms with Gasteiger partial charge in [0.05, 0.1) is 4.90 Å². The molecule has 0 aromatic heterocycles. The van der Waals surface area contributed by atoms with E-state index in [2.05, 4.69) is 5.32 Å². The monoisotopic (exact) mass is 414 g/mol. The van der Waals surface area contributed by atoms with Crippen LogP contribution in [0.4, 0.5) is 4.79 Å². The number of nitrogens with one attached hydrogen (secondary N) is 1. The van der Waals surface area contributed by atoms with Gasteiger partial charge in [-0.3, -0.25) is 4.79 Å². The van der Waals surface area contributed by atoms with Gasteiger partial charge in [0.1, 0.15) is 6.04 Å². The minimum Gasteiger partial charge on any atom is -0.352 e. The molecular weight excluding hydrogens is 388 g/mol. The van der Waals surface area contributed by atoms with Gasteiger partial charge in [0.2, 0.25) is 15.9 Å². The Morgan fingerprint density at radius 3 is 2.30 bits per heavy atom. The fraction of sp³-hybridized carbons (Fsp3) is 0.529. The summed E-state index contributed by atoms with van der Waals surface area (Å²) in [6.07, 6.45) is 2.39. The van der Waals surface area contributed by atoms with E-state index in [1.165, 1.54) is 4.31 Å². The van der Waals surface area contributed by atoms with E-state index in [9.17, 15) is 18.0 Å². The predicted molar refractivity (Wildman–Crippen MR) is 106 cm³/mol. The zero-order valence-electron chi connectivity index (χ0n) is 15.6. The average molecular weight is 415 g/mol. The van der Waals surface area contributed by atoms with Crippen LogP contribution in [0, 0.1) is 6.92 Å². The van der Waals surface area contributed by atoms with Gasteiger partial charge in [0.25, 0.3) is 0 Å². The van der Waals surface area contributed by atoms with Crippen LogP contribution >= 0.6 is 11.8 Å². The molecule has 3 N–H and O–H groups in total. The van der Waals surface area contributed by atoms with Crippen molar-refractivity contribution < 1.29 is 18.0 Å². The molecule has 0 radical (unpaired) electrons. The molecule has 150 valence electrons. The summed E-state index contributed by atoms with van der Waals surface area (Å²) in [5, 5.41) is 2.49. The van der Waals surface area contributed by atoms with Crippen LogP contribution in [0.3, 0.4) is 0 Å². The maximum absolute atomic E-state index is 12.7. The second-order valence-electron chi connectivity index (χ2n) is 6.39. The third-order valence-corrected chi connectivity index (χ3v) is 6.99. The van der Waals surface area contributed by atoms with Gasteiger partial charge < -0.3 is 16.0 Å². The Morgan fingerprint density at radius 1 is 1.19 bits per heavy atom. The number of amides is 3. The topological polar surface area (TPSA) is 113 Å². The lowest BCUT2D eigenvalue weighted by atomic mass is 10.2. The minimum atomic E-state index is -3.58. The van der Waals surface area contributed by atoms with E-state index in [1.807, 2.05) is 13.2 Å². The highest BCUT2D eigenvalue weighted by Gasteiger charge is 2.32. The van der Waals surface area contributed by atoms with E-state index >= 15 is 0 Å². The van der Waals surface area contributed by atoms with Crippen molar-refractivity contribution in [1.82, 2.24) is 14.5 Å². The van der Waals surface area contributed by atoms with Crippen LogP contribution in [0.2, 0.25) is 0 Å². The summed E-state index contributed by atoms with van der Waals surface area (Å²) in [7, 11) is -3.58.